The van der Waals surface area contributed by atoms with E-state index in [0.717, 1.165) is 34.6 Å². The fraction of sp³-hybridized carbons (Fsp3) is 0.375. The number of anilines is 1. The minimum absolute atomic E-state index is 0.626. The van der Waals surface area contributed by atoms with Crippen LogP contribution in [0.2, 0.25) is 0 Å². The summed E-state index contributed by atoms with van der Waals surface area (Å²) in [7, 11) is 0. The van der Waals surface area contributed by atoms with E-state index in [1.165, 1.54) is 18.5 Å². The summed E-state index contributed by atoms with van der Waals surface area (Å²) in [4.78, 5) is 9.41. The van der Waals surface area contributed by atoms with Gasteiger partial charge in [0.15, 0.2) is 5.82 Å². The van der Waals surface area contributed by atoms with Crippen LogP contribution in [0.4, 0.5) is 5.82 Å². The molecule has 1 fully saturated rings. The summed E-state index contributed by atoms with van der Waals surface area (Å²) in [5.74, 6) is 2.37. The molecule has 0 atom stereocenters. The number of hydrogen-bond donors (Lipinski definition) is 1. The second kappa shape index (κ2) is 5.92. The maximum absolute atomic E-state index is 4.75. The first-order chi connectivity index (χ1) is 9.78. The Labute approximate surface area is 128 Å². The monoisotopic (exact) mass is 331 g/mol. The molecule has 1 saturated carbocycles. The highest BCUT2D eigenvalue weighted by atomic mass is 79.9. The van der Waals surface area contributed by atoms with E-state index in [9.17, 15) is 0 Å². The van der Waals surface area contributed by atoms with Gasteiger partial charge in [-0.1, -0.05) is 41.1 Å². The van der Waals surface area contributed by atoms with Crippen molar-refractivity contribution in [1.82, 2.24) is 9.97 Å². The molecule has 4 heteroatoms. The van der Waals surface area contributed by atoms with Crippen LogP contribution in [0.25, 0.3) is 11.4 Å². The first-order valence-corrected chi connectivity index (χ1v) is 7.95. The summed E-state index contributed by atoms with van der Waals surface area (Å²) in [6.07, 6.45) is 3.59. The zero-order chi connectivity index (χ0) is 13.9. The van der Waals surface area contributed by atoms with Crippen molar-refractivity contribution in [3.63, 3.8) is 0 Å². The molecule has 3 nitrogen and oxygen atoms in total. The second-order valence-corrected chi connectivity index (χ2v) is 6.04. The van der Waals surface area contributed by atoms with Crippen molar-refractivity contribution in [3.8, 4) is 11.4 Å². The molecule has 1 aliphatic carbocycles. The molecule has 0 radical (unpaired) electrons. The number of hydrogen-bond acceptors (Lipinski definition) is 3. The molecular weight excluding hydrogens is 314 g/mol. The van der Waals surface area contributed by atoms with Gasteiger partial charge in [-0.3, -0.25) is 0 Å². The second-order valence-electron chi connectivity index (χ2n) is 5.18. The third-order valence-corrected chi connectivity index (χ3v) is 4.10. The molecule has 1 N–H and O–H groups in total. The molecule has 1 aromatic carbocycles. The van der Waals surface area contributed by atoms with Gasteiger partial charge in [0.25, 0.3) is 0 Å². The van der Waals surface area contributed by atoms with Crippen molar-refractivity contribution in [2.45, 2.75) is 32.1 Å². The Morgan fingerprint density at radius 1 is 1.25 bits per heavy atom. The molecule has 1 heterocycles. The number of nitrogens with one attached hydrogen (secondary N) is 1. The zero-order valence-electron chi connectivity index (χ0n) is 11.6. The van der Waals surface area contributed by atoms with E-state index in [2.05, 4.69) is 45.3 Å². The van der Waals surface area contributed by atoms with Gasteiger partial charge in [0, 0.05) is 34.3 Å². The van der Waals surface area contributed by atoms with E-state index in [4.69, 9.17) is 4.98 Å². The summed E-state index contributed by atoms with van der Waals surface area (Å²) >= 11 is 3.59. The molecule has 0 unspecified atom stereocenters. The van der Waals surface area contributed by atoms with Crippen LogP contribution in [-0.4, -0.2) is 16.5 Å². The number of nitrogens with zero attached hydrogens (tertiary/aromatic N) is 2. The molecule has 0 aliphatic heterocycles. The average molecular weight is 332 g/mol. The Hall–Kier alpha value is -1.42. The first kappa shape index (κ1) is 13.6. The van der Waals surface area contributed by atoms with Crippen molar-refractivity contribution in [2.75, 3.05) is 11.9 Å². The Bertz CT molecular complexity index is 608. The number of halogens is 1. The Kier molecular flexibility index (Phi) is 4.01. The molecule has 0 spiro atoms. The number of benzene rings is 1. The van der Waals surface area contributed by atoms with E-state index >= 15 is 0 Å². The summed E-state index contributed by atoms with van der Waals surface area (Å²) in [6.45, 7) is 3.10. The Morgan fingerprint density at radius 2 is 2.05 bits per heavy atom. The highest BCUT2D eigenvalue weighted by Gasteiger charge is 2.26. The van der Waals surface area contributed by atoms with Crippen molar-refractivity contribution < 1.29 is 0 Å². The summed E-state index contributed by atoms with van der Waals surface area (Å²) in [5, 5.41) is 3.38. The van der Waals surface area contributed by atoms with Crippen molar-refractivity contribution in [2.24, 2.45) is 0 Å². The lowest BCUT2D eigenvalue weighted by atomic mass is 10.2. The molecule has 3 rings (SSSR count). The van der Waals surface area contributed by atoms with E-state index in [-0.39, 0.29) is 0 Å². The van der Waals surface area contributed by atoms with Gasteiger partial charge < -0.3 is 5.32 Å². The molecule has 1 aliphatic rings. The van der Waals surface area contributed by atoms with Crippen molar-refractivity contribution >= 4 is 21.7 Å². The third-order valence-electron chi connectivity index (χ3n) is 3.41. The van der Waals surface area contributed by atoms with Gasteiger partial charge in [-0.2, -0.15) is 0 Å². The standard InChI is InChI=1S/C16H18BrN3/c1-2-9-18-15-10-14(11-7-8-11)19-16(20-15)12-5-3-4-6-13(12)17/h3-6,10-11H,2,7-9H2,1H3,(H,18,19,20). The minimum Gasteiger partial charge on any atom is -0.370 e. The van der Waals surface area contributed by atoms with Crippen LogP contribution in [-0.2, 0) is 0 Å². The lowest BCUT2D eigenvalue weighted by Gasteiger charge is -2.10. The predicted octanol–water partition coefficient (Wildman–Crippen LogP) is 4.61. The molecular formula is C16H18BrN3. The van der Waals surface area contributed by atoms with Crippen LogP contribution in [0.15, 0.2) is 34.8 Å². The van der Waals surface area contributed by atoms with Gasteiger partial charge in [0.05, 0.1) is 0 Å². The van der Waals surface area contributed by atoms with Gasteiger partial charge in [-0.05, 0) is 25.3 Å². The quantitative estimate of drug-likeness (QED) is 0.869. The predicted molar refractivity (Wildman–Crippen MR) is 85.9 cm³/mol. The Balaban J connectivity index is 2.00. The summed E-state index contributed by atoms with van der Waals surface area (Å²) in [5.41, 5.74) is 2.22. The van der Waals surface area contributed by atoms with Gasteiger partial charge in [-0.25, -0.2) is 9.97 Å². The first-order valence-electron chi connectivity index (χ1n) is 7.15. The molecule has 2 aromatic rings. The fourth-order valence-electron chi connectivity index (χ4n) is 2.16. The van der Waals surface area contributed by atoms with E-state index in [1.807, 2.05) is 18.2 Å². The summed E-state index contributed by atoms with van der Waals surface area (Å²) in [6, 6.07) is 10.2. The topological polar surface area (TPSA) is 37.8 Å². The molecule has 1 aromatic heterocycles. The van der Waals surface area contributed by atoms with Crippen molar-refractivity contribution in [3.05, 3.63) is 40.5 Å². The van der Waals surface area contributed by atoms with Crippen LogP contribution >= 0.6 is 15.9 Å². The maximum Gasteiger partial charge on any atom is 0.162 e. The fourth-order valence-corrected chi connectivity index (χ4v) is 2.62. The largest absolute Gasteiger partial charge is 0.370 e. The minimum atomic E-state index is 0.626. The molecule has 104 valence electrons. The van der Waals surface area contributed by atoms with Crippen LogP contribution < -0.4 is 5.32 Å². The van der Waals surface area contributed by atoms with Gasteiger partial charge in [0.1, 0.15) is 5.82 Å². The number of rotatable bonds is 5. The lowest BCUT2D eigenvalue weighted by molar-refractivity contribution is 0.948. The van der Waals surface area contributed by atoms with Gasteiger partial charge >= 0.3 is 0 Å². The van der Waals surface area contributed by atoms with E-state index in [1.54, 1.807) is 0 Å². The highest BCUT2D eigenvalue weighted by Crippen LogP contribution is 2.40. The van der Waals surface area contributed by atoms with Gasteiger partial charge in [-0.15, -0.1) is 0 Å². The highest BCUT2D eigenvalue weighted by molar-refractivity contribution is 9.10. The van der Waals surface area contributed by atoms with Crippen LogP contribution in [0.1, 0.15) is 37.8 Å². The van der Waals surface area contributed by atoms with Gasteiger partial charge in [0.2, 0.25) is 0 Å². The summed E-state index contributed by atoms with van der Waals surface area (Å²) < 4.78 is 1.04. The molecule has 20 heavy (non-hydrogen) atoms. The van der Waals surface area contributed by atoms with E-state index < -0.39 is 0 Å². The van der Waals surface area contributed by atoms with E-state index in [0.29, 0.717) is 5.92 Å². The molecule has 0 bridgehead atoms. The zero-order valence-corrected chi connectivity index (χ0v) is 13.2. The average Bonchev–Trinajstić information content (AvgIpc) is 3.30. The lowest BCUT2D eigenvalue weighted by Crippen LogP contribution is -2.05. The normalized spacial score (nSPS) is 14.3. The Morgan fingerprint density at radius 3 is 2.75 bits per heavy atom. The third kappa shape index (κ3) is 3.01. The van der Waals surface area contributed by atoms with Crippen LogP contribution in [0.5, 0.6) is 0 Å². The number of aromatic nitrogens is 2. The van der Waals surface area contributed by atoms with Crippen LogP contribution in [0, 0.1) is 0 Å². The SMILES string of the molecule is CCCNc1cc(C2CC2)nc(-c2ccccc2Br)n1. The maximum atomic E-state index is 4.75. The molecule has 0 saturated heterocycles. The smallest absolute Gasteiger partial charge is 0.162 e. The van der Waals surface area contributed by atoms with Crippen molar-refractivity contribution in [1.29, 1.82) is 0 Å². The van der Waals surface area contributed by atoms with Crippen LogP contribution in [0.3, 0.4) is 0 Å². The molecule has 0 amide bonds.